The summed E-state index contributed by atoms with van der Waals surface area (Å²) in [6.07, 6.45) is -4.46. The number of aryl methyl sites for hydroxylation is 1. The number of carboxylic acid groups (broad SMARTS) is 1. The number of ether oxygens (including phenoxy) is 2. The molecule has 3 aromatic rings. The molecule has 1 N–H and O–H groups in total. The molecule has 0 fully saturated rings. The SMILES string of the molecule is Cc1cccc(COCC(C)(C)COCc2nc(-c3cccc(C(F)(F)F)c3)oc2C(C)C)c1C(=O)O. The van der Waals surface area contributed by atoms with E-state index in [1.165, 1.54) is 12.1 Å². The van der Waals surface area contributed by atoms with Gasteiger partial charge < -0.3 is 19.0 Å². The molecule has 0 amide bonds. The third kappa shape index (κ3) is 7.42. The Morgan fingerprint density at radius 1 is 1.05 bits per heavy atom. The maximum Gasteiger partial charge on any atom is 0.416 e. The van der Waals surface area contributed by atoms with E-state index in [-0.39, 0.29) is 36.1 Å². The standard InChI is InChI=1S/C28H32F3NO5/c1-17(2)24-22(32-25(37-24)19-9-7-11-21(12-19)28(29,30)31)14-36-16-27(4,5)15-35-13-20-10-6-8-18(3)23(20)26(33)34/h6-12,17H,13-16H2,1-5H3,(H,33,34). The van der Waals surface area contributed by atoms with Crippen molar-refractivity contribution in [3.63, 3.8) is 0 Å². The molecule has 0 unspecified atom stereocenters. The molecule has 1 aromatic heterocycles. The lowest BCUT2D eigenvalue weighted by molar-refractivity contribution is -0.137. The molecule has 0 saturated carbocycles. The van der Waals surface area contributed by atoms with Crippen LogP contribution in [0.2, 0.25) is 0 Å². The number of aromatic carboxylic acids is 1. The molecule has 200 valence electrons. The van der Waals surface area contributed by atoms with Crippen molar-refractivity contribution in [1.29, 1.82) is 0 Å². The van der Waals surface area contributed by atoms with Crippen molar-refractivity contribution in [2.45, 2.75) is 59.9 Å². The van der Waals surface area contributed by atoms with E-state index in [1.807, 2.05) is 27.7 Å². The van der Waals surface area contributed by atoms with Crippen LogP contribution in [0.5, 0.6) is 0 Å². The summed E-state index contributed by atoms with van der Waals surface area (Å²) in [5.41, 5.74) is 1.15. The van der Waals surface area contributed by atoms with Crippen molar-refractivity contribution in [1.82, 2.24) is 4.98 Å². The molecule has 0 aliphatic carbocycles. The minimum Gasteiger partial charge on any atom is -0.478 e. The number of carboxylic acids is 1. The fourth-order valence-electron chi connectivity index (χ4n) is 3.93. The first-order valence-electron chi connectivity index (χ1n) is 11.9. The molecule has 2 aromatic carbocycles. The monoisotopic (exact) mass is 519 g/mol. The summed E-state index contributed by atoms with van der Waals surface area (Å²) >= 11 is 0. The zero-order valence-corrected chi connectivity index (χ0v) is 21.6. The molecule has 0 aliphatic rings. The van der Waals surface area contributed by atoms with E-state index >= 15 is 0 Å². The predicted molar refractivity (Wildman–Crippen MR) is 132 cm³/mol. The zero-order valence-electron chi connectivity index (χ0n) is 21.6. The van der Waals surface area contributed by atoms with E-state index in [1.54, 1.807) is 25.1 Å². The highest BCUT2D eigenvalue weighted by molar-refractivity contribution is 5.91. The maximum absolute atomic E-state index is 13.1. The van der Waals surface area contributed by atoms with Gasteiger partial charge in [-0.1, -0.05) is 52.0 Å². The third-order valence-corrected chi connectivity index (χ3v) is 5.74. The molecule has 1 heterocycles. The van der Waals surface area contributed by atoms with Crippen LogP contribution in [0.3, 0.4) is 0 Å². The molecule has 0 bridgehead atoms. The molecular weight excluding hydrogens is 487 g/mol. The number of aromatic nitrogens is 1. The normalized spacial score (nSPS) is 12.4. The van der Waals surface area contributed by atoms with E-state index in [0.29, 0.717) is 35.8 Å². The Kier molecular flexibility index (Phi) is 8.81. The lowest BCUT2D eigenvalue weighted by Crippen LogP contribution is -2.26. The second-order valence-electron chi connectivity index (χ2n) is 10.1. The van der Waals surface area contributed by atoms with E-state index < -0.39 is 23.1 Å². The Bertz CT molecular complexity index is 1230. The Morgan fingerprint density at radius 2 is 1.70 bits per heavy atom. The minimum absolute atomic E-state index is 0.0419. The van der Waals surface area contributed by atoms with Crippen LogP contribution in [0.1, 0.15) is 72.1 Å². The molecule has 37 heavy (non-hydrogen) atoms. The number of hydrogen-bond acceptors (Lipinski definition) is 5. The van der Waals surface area contributed by atoms with Gasteiger partial charge in [-0.05, 0) is 36.2 Å². The summed E-state index contributed by atoms with van der Waals surface area (Å²) in [5.74, 6) is -0.359. The number of hydrogen-bond donors (Lipinski definition) is 1. The summed E-state index contributed by atoms with van der Waals surface area (Å²) in [7, 11) is 0. The van der Waals surface area contributed by atoms with Gasteiger partial charge in [0.15, 0.2) is 0 Å². The minimum atomic E-state index is -4.46. The van der Waals surface area contributed by atoms with Crippen LogP contribution < -0.4 is 0 Å². The first kappa shape index (κ1) is 28.4. The number of benzene rings is 2. The van der Waals surface area contributed by atoms with Gasteiger partial charge in [0.2, 0.25) is 5.89 Å². The third-order valence-electron chi connectivity index (χ3n) is 5.74. The molecule has 0 spiro atoms. The van der Waals surface area contributed by atoms with Gasteiger partial charge in [0.05, 0.1) is 37.6 Å². The van der Waals surface area contributed by atoms with Crippen LogP contribution in [-0.2, 0) is 28.9 Å². The fourth-order valence-corrected chi connectivity index (χ4v) is 3.93. The zero-order chi connectivity index (χ0) is 27.4. The molecular formula is C28H32F3NO5. The molecule has 0 saturated heterocycles. The van der Waals surface area contributed by atoms with Crippen LogP contribution in [0.25, 0.3) is 11.5 Å². The molecule has 0 radical (unpaired) electrons. The Labute approximate surface area is 214 Å². The second kappa shape index (κ2) is 11.5. The predicted octanol–water partition coefficient (Wildman–Crippen LogP) is 7.25. The summed E-state index contributed by atoms with van der Waals surface area (Å²) < 4.78 is 56.9. The van der Waals surface area contributed by atoms with Crippen LogP contribution in [-0.4, -0.2) is 29.3 Å². The number of carbonyl (C=O) groups is 1. The summed E-state index contributed by atoms with van der Waals surface area (Å²) in [6, 6.07) is 10.2. The summed E-state index contributed by atoms with van der Waals surface area (Å²) in [5, 5.41) is 9.48. The topological polar surface area (TPSA) is 81.8 Å². The van der Waals surface area contributed by atoms with Crippen molar-refractivity contribution in [2.75, 3.05) is 13.2 Å². The largest absolute Gasteiger partial charge is 0.478 e. The first-order chi connectivity index (χ1) is 17.3. The van der Waals surface area contributed by atoms with Gasteiger partial charge in [-0.3, -0.25) is 0 Å². The van der Waals surface area contributed by atoms with Crippen LogP contribution in [0.4, 0.5) is 13.2 Å². The second-order valence-corrected chi connectivity index (χ2v) is 10.1. The molecule has 9 heteroatoms. The first-order valence-corrected chi connectivity index (χ1v) is 11.9. The van der Waals surface area contributed by atoms with E-state index in [2.05, 4.69) is 4.98 Å². The maximum atomic E-state index is 13.1. The number of alkyl halides is 3. The van der Waals surface area contributed by atoms with Crippen molar-refractivity contribution in [3.05, 3.63) is 76.2 Å². The van der Waals surface area contributed by atoms with Gasteiger partial charge in [-0.15, -0.1) is 0 Å². The van der Waals surface area contributed by atoms with Gasteiger partial charge in [-0.2, -0.15) is 13.2 Å². The quantitative estimate of drug-likeness (QED) is 0.287. The number of halogens is 3. The van der Waals surface area contributed by atoms with E-state index in [9.17, 15) is 23.1 Å². The molecule has 0 aliphatic heterocycles. The van der Waals surface area contributed by atoms with Crippen molar-refractivity contribution < 1.29 is 37.0 Å². The Morgan fingerprint density at radius 3 is 2.32 bits per heavy atom. The average Bonchev–Trinajstić information content (AvgIpc) is 3.23. The van der Waals surface area contributed by atoms with Gasteiger partial charge in [0.25, 0.3) is 0 Å². The van der Waals surface area contributed by atoms with Crippen molar-refractivity contribution in [2.24, 2.45) is 5.41 Å². The van der Waals surface area contributed by atoms with Gasteiger partial charge in [-0.25, -0.2) is 9.78 Å². The van der Waals surface area contributed by atoms with Crippen molar-refractivity contribution >= 4 is 5.97 Å². The highest BCUT2D eigenvalue weighted by atomic mass is 19.4. The molecule has 6 nitrogen and oxygen atoms in total. The van der Waals surface area contributed by atoms with Crippen LogP contribution >= 0.6 is 0 Å². The number of oxazole rings is 1. The summed E-state index contributed by atoms with van der Waals surface area (Å²) in [4.78, 5) is 16.0. The van der Waals surface area contributed by atoms with Crippen LogP contribution in [0, 0.1) is 12.3 Å². The van der Waals surface area contributed by atoms with Crippen molar-refractivity contribution in [3.8, 4) is 11.5 Å². The molecule has 3 rings (SSSR count). The molecule has 0 atom stereocenters. The van der Waals surface area contributed by atoms with Gasteiger partial charge >= 0.3 is 12.1 Å². The van der Waals surface area contributed by atoms with Gasteiger partial charge in [0.1, 0.15) is 11.5 Å². The smallest absolute Gasteiger partial charge is 0.416 e. The lowest BCUT2D eigenvalue weighted by atomic mass is 9.96. The highest BCUT2D eigenvalue weighted by Gasteiger charge is 2.31. The van der Waals surface area contributed by atoms with Gasteiger partial charge in [0, 0.05) is 16.9 Å². The fraction of sp³-hybridized carbons (Fsp3) is 0.429. The summed E-state index contributed by atoms with van der Waals surface area (Å²) in [6.45, 7) is 10.4. The highest BCUT2D eigenvalue weighted by Crippen LogP contribution is 2.33. The Balaban J connectivity index is 1.62. The Hall–Kier alpha value is -3.17. The number of nitrogens with zero attached hydrogens (tertiary/aromatic N) is 1. The average molecular weight is 520 g/mol. The van der Waals surface area contributed by atoms with Crippen LogP contribution in [0.15, 0.2) is 46.9 Å². The van der Waals surface area contributed by atoms with E-state index in [0.717, 1.165) is 12.1 Å². The lowest BCUT2D eigenvalue weighted by Gasteiger charge is -2.24. The van der Waals surface area contributed by atoms with E-state index in [4.69, 9.17) is 13.9 Å². The number of rotatable bonds is 11.